The van der Waals surface area contributed by atoms with E-state index in [0.717, 1.165) is 0 Å². The van der Waals surface area contributed by atoms with Gasteiger partial charge in [0.2, 0.25) is 5.91 Å². The number of hydrogen-bond donors (Lipinski definition) is 1. The number of aromatic nitrogens is 4. The van der Waals surface area contributed by atoms with Crippen molar-refractivity contribution in [3.05, 3.63) is 69.2 Å². The number of amides is 1. The summed E-state index contributed by atoms with van der Waals surface area (Å²) in [6.45, 7) is 0.326. The van der Waals surface area contributed by atoms with Crippen LogP contribution in [0, 0.1) is 15.9 Å². The molecule has 0 unspecified atom stereocenters. The quantitative estimate of drug-likeness (QED) is 0.491. The third-order valence-electron chi connectivity index (χ3n) is 3.65. The molecule has 0 radical (unpaired) electrons. The van der Waals surface area contributed by atoms with Crippen LogP contribution in [0.3, 0.4) is 0 Å². The lowest BCUT2D eigenvalue weighted by Gasteiger charge is -2.03. The van der Waals surface area contributed by atoms with Gasteiger partial charge in [-0.05, 0) is 11.0 Å². The number of nitrogens with zero attached hydrogens (tertiary/aromatic N) is 5. The highest BCUT2D eigenvalue weighted by Gasteiger charge is 2.14. The molecule has 3 rings (SSSR count). The van der Waals surface area contributed by atoms with Gasteiger partial charge in [-0.3, -0.25) is 9.48 Å². The second kappa shape index (κ2) is 7.96. The summed E-state index contributed by atoms with van der Waals surface area (Å²) in [5.41, 5.74) is 0.440. The van der Waals surface area contributed by atoms with Crippen molar-refractivity contribution in [3.63, 3.8) is 0 Å². The molecule has 0 aliphatic heterocycles. The normalized spacial score (nSPS) is 10.7. The van der Waals surface area contributed by atoms with Crippen LogP contribution in [0.15, 0.2) is 42.7 Å². The highest BCUT2D eigenvalue weighted by atomic mass is 35.5. The number of rotatable bonds is 7. The van der Waals surface area contributed by atoms with Crippen LogP contribution in [0.25, 0.3) is 0 Å². The van der Waals surface area contributed by atoms with E-state index in [9.17, 15) is 19.3 Å². The molecule has 0 saturated carbocycles. The molecule has 0 spiro atoms. The Morgan fingerprint density at radius 3 is 2.74 bits per heavy atom. The number of carbonyl (C=O) groups excluding carboxylic acids is 1. The summed E-state index contributed by atoms with van der Waals surface area (Å²) in [4.78, 5) is 22.0. The van der Waals surface area contributed by atoms with E-state index in [4.69, 9.17) is 11.6 Å². The van der Waals surface area contributed by atoms with Gasteiger partial charge in [-0.1, -0.05) is 29.8 Å². The zero-order valence-electron chi connectivity index (χ0n) is 13.9. The summed E-state index contributed by atoms with van der Waals surface area (Å²) in [6.07, 6.45) is 2.93. The van der Waals surface area contributed by atoms with E-state index in [1.54, 1.807) is 18.2 Å². The van der Waals surface area contributed by atoms with Crippen LogP contribution >= 0.6 is 11.6 Å². The van der Waals surface area contributed by atoms with E-state index in [0.29, 0.717) is 5.56 Å². The van der Waals surface area contributed by atoms with E-state index in [-0.39, 0.29) is 47.9 Å². The van der Waals surface area contributed by atoms with Crippen LogP contribution in [-0.2, 0) is 17.9 Å². The molecule has 11 heteroatoms. The lowest BCUT2D eigenvalue weighted by Crippen LogP contribution is -2.15. The van der Waals surface area contributed by atoms with Crippen molar-refractivity contribution in [2.24, 2.45) is 0 Å². The Morgan fingerprint density at radius 2 is 2.04 bits per heavy atom. The van der Waals surface area contributed by atoms with E-state index >= 15 is 0 Å². The van der Waals surface area contributed by atoms with Gasteiger partial charge in [0.15, 0.2) is 5.82 Å². The Morgan fingerprint density at radius 1 is 1.26 bits per heavy atom. The first kappa shape index (κ1) is 18.5. The monoisotopic (exact) mass is 392 g/mol. The van der Waals surface area contributed by atoms with Gasteiger partial charge < -0.3 is 15.4 Å². The predicted octanol–water partition coefficient (Wildman–Crippen LogP) is 2.86. The second-order valence-corrected chi connectivity index (χ2v) is 6.01. The number of halogens is 2. The maximum atomic E-state index is 13.7. The van der Waals surface area contributed by atoms with E-state index in [2.05, 4.69) is 15.5 Å². The molecular weight excluding hydrogens is 379 g/mol. The molecule has 27 heavy (non-hydrogen) atoms. The highest BCUT2D eigenvalue weighted by molar-refractivity contribution is 6.33. The number of benzene rings is 1. The molecule has 1 N–H and O–H groups in total. The van der Waals surface area contributed by atoms with Crippen LogP contribution in [0.4, 0.5) is 16.0 Å². The predicted molar refractivity (Wildman–Crippen MR) is 94.9 cm³/mol. The molecular formula is C16H14ClFN6O3. The zero-order chi connectivity index (χ0) is 19.4. The van der Waals surface area contributed by atoms with Crippen molar-refractivity contribution in [1.29, 1.82) is 0 Å². The molecule has 0 saturated heterocycles. The van der Waals surface area contributed by atoms with E-state index < -0.39 is 4.92 Å². The maximum Gasteiger partial charge on any atom is 0.389 e. The summed E-state index contributed by atoms with van der Waals surface area (Å²) in [6, 6.07) is 7.54. The Bertz CT molecular complexity index is 986. The molecule has 140 valence electrons. The van der Waals surface area contributed by atoms with Gasteiger partial charge in [-0.25, -0.2) is 4.39 Å². The largest absolute Gasteiger partial charge is 0.389 e. The van der Waals surface area contributed by atoms with Gasteiger partial charge in [0.1, 0.15) is 10.8 Å². The van der Waals surface area contributed by atoms with E-state index in [1.807, 2.05) is 0 Å². The fourth-order valence-electron chi connectivity index (χ4n) is 2.35. The Kier molecular flexibility index (Phi) is 5.46. The first-order valence-electron chi connectivity index (χ1n) is 7.86. The molecule has 1 amide bonds. The topological polar surface area (TPSA) is 108 Å². The number of nitro groups is 1. The smallest absolute Gasteiger partial charge is 0.358 e. The van der Waals surface area contributed by atoms with Crippen molar-refractivity contribution in [2.45, 2.75) is 19.5 Å². The van der Waals surface area contributed by atoms with Crippen LogP contribution in [0.5, 0.6) is 0 Å². The average Bonchev–Trinajstić information content (AvgIpc) is 3.22. The lowest BCUT2D eigenvalue weighted by atomic mass is 10.2. The third kappa shape index (κ3) is 4.67. The van der Waals surface area contributed by atoms with Crippen LogP contribution in [-0.4, -0.2) is 30.4 Å². The van der Waals surface area contributed by atoms with Crippen molar-refractivity contribution >= 4 is 29.1 Å². The third-order valence-corrected chi connectivity index (χ3v) is 3.92. The summed E-state index contributed by atoms with van der Waals surface area (Å²) < 4.78 is 16.4. The first-order valence-corrected chi connectivity index (χ1v) is 8.24. The molecule has 3 aromatic rings. The Balaban J connectivity index is 1.58. The average molecular weight is 393 g/mol. The van der Waals surface area contributed by atoms with Crippen LogP contribution < -0.4 is 5.32 Å². The van der Waals surface area contributed by atoms with Crippen molar-refractivity contribution in [1.82, 2.24) is 19.6 Å². The number of anilines is 1. The summed E-state index contributed by atoms with van der Waals surface area (Å²) in [7, 11) is 0. The van der Waals surface area contributed by atoms with Crippen LogP contribution in [0.2, 0.25) is 5.02 Å². The molecule has 0 atom stereocenters. The summed E-state index contributed by atoms with van der Waals surface area (Å²) in [5, 5.41) is 21.2. The second-order valence-electron chi connectivity index (χ2n) is 5.61. The first-order chi connectivity index (χ1) is 12.9. The molecule has 9 nitrogen and oxygen atoms in total. The molecule has 0 aliphatic rings. The minimum absolute atomic E-state index is 0.0232. The zero-order valence-corrected chi connectivity index (χ0v) is 14.6. The molecule has 2 aromatic heterocycles. The minimum atomic E-state index is -0.613. The summed E-state index contributed by atoms with van der Waals surface area (Å²) in [5.74, 6) is -0.871. The molecule has 2 heterocycles. The maximum absolute atomic E-state index is 13.7. The van der Waals surface area contributed by atoms with Gasteiger partial charge >= 0.3 is 5.82 Å². The van der Waals surface area contributed by atoms with Crippen molar-refractivity contribution < 1.29 is 14.1 Å². The molecule has 0 fully saturated rings. The SMILES string of the molecule is O=C(CCn1ccc([N+](=O)[O-])n1)Nc1nn(Cc2ccccc2F)cc1Cl. The van der Waals surface area contributed by atoms with Gasteiger partial charge in [-0.15, -0.1) is 0 Å². The molecule has 1 aromatic carbocycles. The lowest BCUT2D eigenvalue weighted by molar-refractivity contribution is -0.389. The molecule has 0 aliphatic carbocycles. The highest BCUT2D eigenvalue weighted by Crippen LogP contribution is 2.20. The summed E-state index contributed by atoms with van der Waals surface area (Å²) >= 11 is 6.07. The minimum Gasteiger partial charge on any atom is -0.358 e. The van der Waals surface area contributed by atoms with Crippen molar-refractivity contribution in [3.8, 4) is 0 Å². The van der Waals surface area contributed by atoms with Gasteiger partial charge in [0.25, 0.3) is 0 Å². The van der Waals surface area contributed by atoms with E-state index in [1.165, 1.54) is 33.9 Å². The Labute approximate surface area is 157 Å². The number of nitrogens with one attached hydrogen (secondary N) is 1. The van der Waals surface area contributed by atoms with Gasteiger partial charge in [0.05, 0.1) is 30.5 Å². The standard InChI is InChI=1S/C16H14ClFN6O3/c17-12-10-23(9-11-3-1-2-4-13(11)18)21-16(12)19-15(25)6-8-22-7-5-14(20-22)24(26)27/h1-5,7,10H,6,8-9H2,(H,19,21,25). The fraction of sp³-hybridized carbons (Fsp3) is 0.188. The van der Waals surface area contributed by atoms with Gasteiger partial charge in [-0.2, -0.15) is 9.78 Å². The number of aryl methyl sites for hydroxylation is 1. The van der Waals surface area contributed by atoms with Gasteiger partial charge in [0, 0.05) is 18.2 Å². The van der Waals surface area contributed by atoms with Crippen molar-refractivity contribution in [2.75, 3.05) is 5.32 Å². The molecule has 0 bridgehead atoms. The fourth-order valence-corrected chi connectivity index (χ4v) is 2.55. The number of hydrogen-bond acceptors (Lipinski definition) is 5. The van der Waals surface area contributed by atoms with Crippen LogP contribution in [0.1, 0.15) is 12.0 Å². The number of carbonyl (C=O) groups is 1. The Hall–Kier alpha value is -3.27.